The maximum Gasteiger partial charge on any atom is 0.150 e. The van der Waals surface area contributed by atoms with Gasteiger partial charge in [0.25, 0.3) is 0 Å². The minimum atomic E-state index is -2.78. The number of hydrogen-bond donors (Lipinski definition) is 1. The number of sulfone groups is 1. The molecule has 0 aliphatic carbocycles. The van der Waals surface area contributed by atoms with Crippen LogP contribution in [0.4, 0.5) is 0 Å². The zero-order valence-electron chi connectivity index (χ0n) is 9.69. The Morgan fingerprint density at radius 2 is 2.29 bits per heavy atom. The highest BCUT2D eigenvalue weighted by Gasteiger charge is 2.48. The summed E-state index contributed by atoms with van der Waals surface area (Å²) in [5.41, 5.74) is 1.31. The molecule has 1 atom stereocenters. The van der Waals surface area contributed by atoms with Gasteiger partial charge >= 0.3 is 0 Å². The summed E-state index contributed by atoms with van der Waals surface area (Å²) in [6, 6.07) is 1.98. The van der Waals surface area contributed by atoms with Crippen molar-refractivity contribution in [1.29, 1.82) is 0 Å². The molecule has 5 heteroatoms. The zero-order chi connectivity index (χ0) is 11.9. The summed E-state index contributed by atoms with van der Waals surface area (Å²) in [6.07, 6.45) is 5.20. The predicted molar refractivity (Wildman–Crippen MR) is 64.5 cm³/mol. The van der Waals surface area contributed by atoms with Crippen LogP contribution in [0.2, 0.25) is 0 Å². The maximum atomic E-state index is 11.6. The number of nitrogens with one attached hydrogen (secondary N) is 1. The van der Waals surface area contributed by atoms with Crippen LogP contribution in [-0.4, -0.2) is 33.0 Å². The average molecular weight is 255 g/mol. The molecule has 2 aliphatic rings. The third-order valence-electron chi connectivity index (χ3n) is 4.19. The Kier molecular flexibility index (Phi) is 2.56. The molecule has 1 aromatic rings. The van der Waals surface area contributed by atoms with E-state index in [1.165, 1.54) is 5.56 Å². The Morgan fingerprint density at radius 1 is 1.47 bits per heavy atom. The van der Waals surface area contributed by atoms with Gasteiger partial charge in [-0.1, -0.05) is 0 Å². The summed E-state index contributed by atoms with van der Waals surface area (Å²) in [7, 11) is -2.78. The lowest BCUT2D eigenvalue weighted by atomic mass is 9.67. The summed E-state index contributed by atoms with van der Waals surface area (Å²) in [4.78, 5) is 0. The van der Waals surface area contributed by atoms with Crippen molar-refractivity contribution < 1.29 is 12.8 Å². The Morgan fingerprint density at radius 3 is 2.76 bits per heavy atom. The molecule has 94 valence electrons. The Hall–Kier alpha value is -0.810. The fourth-order valence-electron chi connectivity index (χ4n) is 3.08. The molecule has 0 bridgehead atoms. The zero-order valence-corrected chi connectivity index (χ0v) is 10.5. The van der Waals surface area contributed by atoms with Crippen LogP contribution in [0.15, 0.2) is 23.0 Å². The van der Waals surface area contributed by atoms with E-state index in [4.69, 9.17) is 4.42 Å². The molecular formula is C12H17NO3S. The van der Waals surface area contributed by atoms with E-state index in [-0.39, 0.29) is 5.41 Å². The molecule has 2 fully saturated rings. The van der Waals surface area contributed by atoms with Crippen molar-refractivity contribution in [2.24, 2.45) is 11.3 Å². The van der Waals surface area contributed by atoms with Crippen LogP contribution in [-0.2, 0) is 16.3 Å². The van der Waals surface area contributed by atoms with Gasteiger partial charge in [-0.05, 0) is 30.4 Å². The van der Waals surface area contributed by atoms with Crippen molar-refractivity contribution in [3.05, 3.63) is 24.2 Å². The minimum absolute atomic E-state index is 0.132. The van der Waals surface area contributed by atoms with Gasteiger partial charge in [-0.3, -0.25) is 0 Å². The highest BCUT2D eigenvalue weighted by molar-refractivity contribution is 7.91. The van der Waals surface area contributed by atoms with E-state index in [9.17, 15) is 8.42 Å². The molecule has 0 spiro atoms. The van der Waals surface area contributed by atoms with Crippen LogP contribution in [0.3, 0.4) is 0 Å². The predicted octanol–water partition coefficient (Wildman–Crippen LogP) is 0.846. The summed E-state index contributed by atoms with van der Waals surface area (Å²) >= 11 is 0. The second-order valence-corrected chi connectivity index (χ2v) is 7.60. The first-order chi connectivity index (χ1) is 8.10. The smallest absolute Gasteiger partial charge is 0.150 e. The van der Waals surface area contributed by atoms with Crippen LogP contribution < -0.4 is 5.32 Å². The van der Waals surface area contributed by atoms with Crippen molar-refractivity contribution >= 4 is 9.84 Å². The standard InChI is InChI=1S/C12H17NO3S/c14-17(15)4-2-11(7-17)12(8-13-9-12)5-10-1-3-16-6-10/h1,3,6,11,13H,2,4-5,7-9H2. The minimum Gasteiger partial charge on any atom is -0.472 e. The molecule has 0 saturated carbocycles. The lowest BCUT2D eigenvalue weighted by Gasteiger charge is -2.47. The van der Waals surface area contributed by atoms with Gasteiger partial charge in [0.2, 0.25) is 0 Å². The molecule has 4 nitrogen and oxygen atoms in total. The van der Waals surface area contributed by atoms with Crippen molar-refractivity contribution in [2.45, 2.75) is 12.8 Å². The molecule has 0 radical (unpaired) electrons. The normalized spacial score (nSPS) is 30.0. The molecule has 1 unspecified atom stereocenters. The van der Waals surface area contributed by atoms with Crippen molar-refractivity contribution in [3.8, 4) is 0 Å². The van der Waals surface area contributed by atoms with Gasteiger partial charge in [0, 0.05) is 18.5 Å². The molecule has 3 rings (SSSR count). The van der Waals surface area contributed by atoms with Gasteiger partial charge in [-0.15, -0.1) is 0 Å². The van der Waals surface area contributed by atoms with E-state index in [2.05, 4.69) is 5.32 Å². The quantitative estimate of drug-likeness (QED) is 0.869. The third kappa shape index (κ3) is 2.02. The van der Waals surface area contributed by atoms with Gasteiger partial charge < -0.3 is 9.73 Å². The van der Waals surface area contributed by atoms with Crippen molar-refractivity contribution in [1.82, 2.24) is 5.32 Å². The molecule has 2 aliphatic heterocycles. The molecule has 1 N–H and O–H groups in total. The van der Waals surface area contributed by atoms with Gasteiger partial charge in [0.1, 0.15) is 0 Å². The third-order valence-corrected chi connectivity index (χ3v) is 5.96. The molecule has 17 heavy (non-hydrogen) atoms. The fourth-order valence-corrected chi connectivity index (χ4v) is 5.03. The molecule has 0 aromatic carbocycles. The Bertz CT molecular complexity index is 488. The highest BCUT2D eigenvalue weighted by Crippen LogP contribution is 2.41. The lowest BCUT2D eigenvalue weighted by molar-refractivity contribution is 0.0923. The van der Waals surface area contributed by atoms with Crippen LogP contribution in [0.1, 0.15) is 12.0 Å². The Balaban J connectivity index is 1.78. The van der Waals surface area contributed by atoms with Gasteiger partial charge in [0.15, 0.2) is 9.84 Å². The van der Waals surface area contributed by atoms with Crippen LogP contribution >= 0.6 is 0 Å². The SMILES string of the molecule is O=S1(=O)CCC(C2(Cc3ccoc3)CNC2)C1. The summed E-state index contributed by atoms with van der Waals surface area (Å²) in [5.74, 6) is 1.04. The summed E-state index contributed by atoms with van der Waals surface area (Å²) < 4.78 is 28.3. The molecule has 3 heterocycles. The van der Waals surface area contributed by atoms with Crippen LogP contribution in [0, 0.1) is 11.3 Å². The molecule has 1 aromatic heterocycles. The topological polar surface area (TPSA) is 59.3 Å². The van der Waals surface area contributed by atoms with Gasteiger partial charge in [-0.25, -0.2) is 8.42 Å². The average Bonchev–Trinajstić information content (AvgIpc) is 2.81. The molecule has 0 amide bonds. The fraction of sp³-hybridized carbons (Fsp3) is 0.667. The Labute approximate surface area is 101 Å². The second-order valence-electron chi connectivity index (χ2n) is 5.37. The highest BCUT2D eigenvalue weighted by atomic mass is 32.2. The number of rotatable bonds is 3. The monoisotopic (exact) mass is 255 g/mol. The lowest BCUT2D eigenvalue weighted by Crippen LogP contribution is -2.59. The van der Waals surface area contributed by atoms with Crippen LogP contribution in [0.5, 0.6) is 0 Å². The maximum absolute atomic E-state index is 11.6. The van der Waals surface area contributed by atoms with Gasteiger partial charge in [0.05, 0.1) is 24.0 Å². The van der Waals surface area contributed by atoms with E-state index in [0.717, 1.165) is 25.9 Å². The molecular weight excluding hydrogens is 238 g/mol. The van der Waals surface area contributed by atoms with Crippen LogP contribution in [0.25, 0.3) is 0 Å². The number of furan rings is 1. The first-order valence-electron chi connectivity index (χ1n) is 6.02. The van der Waals surface area contributed by atoms with E-state index in [1.54, 1.807) is 12.5 Å². The molecule has 2 saturated heterocycles. The number of hydrogen-bond acceptors (Lipinski definition) is 4. The van der Waals surface area contributed by atoms with E-state index >= 15 is 0 Å². The largest absolute Gasteiger partial charge is 0.472 e. The summed E-state index contributed by atoms with van der Waals surface area (Å²) in [5, 5.41) is 3.29. The first kappa shape index (κ1) is 11.3. The van der Waals surface area contributed by atoms with E-state index < -0.39 is 9.84 Å². The summed E-state index contributed by atoms with van der Waals surface area (Å²) in [6.45, 7) is 1.86. The first-order valence-corrected chi connectivity index (χ1v) is 7.84. The van der Waals surface area contributed by atoms with Crippen molar-refractivity contribution in [3.63, 3.8) is 0 Å². The second kappa shape index (κ2) is 3.85. The van der Waals surface area contributed by atoms with Gasteiger partial charge in [-0.2, -0.15) is 0 Å². The van der Waals surface area contributed by atoms with E-state index in [1.807, 2.05) is 6.07 Å². The van der Waals surface area contributed by atoms with E-state index in [0.29, 0.717) is 17.4 Å². The van der Waals surface area contributed by atoms with Crippen molar-refractivity contribution in [2.75, 3.05) is 24.6 Å².